The molecular weight excluding hydrogens is 245 g/mol. The van der Waals surface area contributed by atoms with Gasteiger partial charge in [-0.2, -0.15) is 0 Å². The van der Waals surface area contributed by atoms with Gasteiger partial charge in [-0.05, 0) is 18.6 Å². The second-order valence-corrected chi connectivity index (χ2v) is 6.49. The van der Waals surface area contributed by atoms with Crippen LogP contribution in [0.1, 0.15) is 27.2 Å². The Morgan fingerprint density at radius 2 is 2.00 bits per heavy atom. The summed E-state index contributed by atoms with van der Waals surface area (Å²) in [7, 11) is -3.52. The van der Waals surface area contributed by atoms with Gasteiger partial charge in [0, 0.05) is 13.3 Å². The number of hydroxylamine groups is 1. The Balaban J connectivity index is 3.14. The predicted octanol–water partition coefficient (Wildman–Crippen LogP) is 1.45. The van der Waals surface area contributed by atoms with E-state index in [1.807, 2.05) is 0 Å². The first-order chi connectivity index (χ1) is 7.96. The fourth-order valence-corrected chi connectivity index (χ4v) is 4.30. The lowest BCUT2D eigenvalue weighted by atomic mass is 10.0. The highest BCUT2D eigenvalue weighted by atomic mass is 31.2. The standard InChI is InChI=1S/C10H21NO5P/c1-4-15-17(14,16-5-2)10(3)9(8-12)6-7-11(10)13/h7,9,12-13H,4-6,8H2,1-3H3/q+1/t9-,10+/m0/s1. The summed E-state index contributed by atoms with van der Waals surface area (Å²) in [6.45, 7) is 5.27. The van der Waals surface area contributed by atoms with Crippen LogP contribution in [0.15, 0.2) is 0 Å². The minimum atomic E-state index is -3.52. The van der Waals surface area contributed by atoms with E-state index in [-0.39, 0.29) is 25.7 Å². The molecule has 0 aromatic heterocycles. The third kappa shape index (κ3) is 2.27. The summed E-state index contributed by atoms with van der Waals surface area (Å²) >= 11 is 0. The van der Waals surface area contributed by atoms with Gasteiger partial charge in [0.1, 0.15) is 0 Å². The molecule has 0 aromatic rings. The summed E-state index contributed by atoms with van der Waals surface area (Å²) in [5, 5.41) is 18.0. The summed E-state index contributed by atoms with van der Waals surface area (Å²) in [6, 6.07) is 0. The van der Waals surface area contributed by atoms with Gasteiger partial charge in [-0.25, -0.2) is 0 Å². The topological polar surface area (TPSA) is 79.0 Å². The quantitative estimate of drug-likeness (QED) is 0.432. The van der Waals surface area contributed by atoms with Crippen molar-refractivity contribution >= 4 is 13.8 Å². The molecule has 1 aliphatic rings. The van der Waals surface area contributed by atoms with E-state index in [1.165, 1.54) is 6.21 Å². The molecule has 2 N–H and O–H groups in total. The van der Waals surface area contributed by atoms with Crippen LogP contribution in [-0.2, 0) is 13.6 Å². The summed E-state index contributed by atoms with van der Waals surface area (Å²) < 4.78 is 24.1. The van der Waals surface area contributed by atoms with Gasteiger partial charge in [0.05, 0.1) is 25.7 Å². The van der Waals surface area contributed by atoms with Crippen LogP contribution in [0.2, 0.25) is 0 Å². The third-order valence-electron chi connectivity index (χ3n) is 3.17. The number of hydrogen-bond acceptors (Lipinski definition) is 5. The molecule has 0 aliphatic carbocycles. The maximum atomic E-state index is 12.7. The Morgan fingerprint density at radius 1 is 1.47 bits per heavy atom. The molecule has 1 aliphatic heterocycles. The normalized spacial score (nSPS) is 29.4. The number of nitrogens with zero attached hydrogens (tertiary/aromatic N) is 1. The van der Waals surface area contributed by atoms with Crippen molar-refractivity contribution in [2.45, 2.75) is 32.5 Å². The monoisotopic (exact) mass is 266 g/mol. The summed E-state index contributed by atoms with van der Waals surface area (Å²) in [6.07, 6.45) is 1.93. The molecule has 1 heterocycles. The zero-order valence-electron chi connectivity index (χ0n) is 10.5. The van der Waals surface area contributed by atoms with E-state index in [1.54, 1.807) is 20.8 Å². The minimum absolute atomic E-state index is 0.186. The van der Waals surface area contributed by atoms with Gasteiger partial charge in [-0.1, -0.05) is 0 Å². The molecule has 0 aromatic carbocycles. The second kappa shape index (κ2) is 5.48. The maximum Gasteiger partial charge on any atom is 0.405 e. The molecule has 0 amide bonds. The van der Waals surface area contributed by atoms with Crippen molar-refractivity contribution in [1.82, 2.24) is 0 Å². The van der Waals surface area contributed by atoms with Gasteiger partial charge in [0.25, 0.3) is 0 Å². The molecule has 0 spiro atoms. The summed E-state index contributed by atoms with van der Waals surface area (Å²) in [4.78, 5) is 0. The maximum absolute atomic E-state index is 12.7. The van der Waals surface area contributed by atoms with Gasteiger partial charge in [0.2, 0.25) is 0 Å². The first-order valence-corrected chi connectivity index (χ1v) is 7.32. The average Bonchev–Trinajstić information content (AvgIpc) is 2.57. The molecule has 0 saturated carbocycles. The van der Waals surface area contributed by atoms with E-state index in [4.69, 9.17) is 9.05 Å². The highest BCUT2D eigenvalue weighted by molar-refractivity contribution is 7.55. The Kier molecular flexibility index (Phi) is 4.72. The van der Waals surface area contributed by atoms with Crippen LogP contribution < -0.4 is 0 Å². The van der Waals surface area contributed by atoms with Crippen LogP contribution in [0.5, 0.6) is 0 Å². The van der Waals surface area contributed by atoms with E-state index in [0.717, 1.165) is 4.74 Å². The molecule has 0 bridgehead atoms. The molecule has 17 heavy (non-hydrogen) atoms. The van der Waals surface area contributed by atoms with E-state index in [9.17, 15) is 14.9 Å². The fourth-order valence-electron chi connectivity index (χ4n) is 2.06. The Bertz CT molecular complexity index is 336. The lowest BCUT2D eigenvalue weighted by Crippen LogP contribution is -2.42. The second-order valence-electron chi connectivity index (χ2n) is 4.07. The highest BCUT2D eigenvalue weighted by Gasteiger charge is 2.65. The lowest BCUT2D eigenvalue weighted by molar-refractivity contribution is -0.805. The zero-order chi connectivity index (χ0) is 13.1. The molecular formula is C10H21NO5P+. The molecule has 100 valence electrons. The van der Waals surface area contributed by atoms with E-state index >= 15 is 0 Å². The number of hydrogen-bond donors (Lipinski definition) is 2. The first-order valence-electron chi connectivity index (χ1n) is 5.77. The highest BCUT2D eigenvalue weighted by Crippen LogP contribution is 2.64. The van der Waals surface area contributed by atoms with Crippen molar-refractivity contribution in [2.75, 3.05) is 19.8 Å². The van der Waals surface area contributed by atoms with Gasteiger partial charge < -0.3 is 14.2 Å². The van der Waals surface area contributed by atoms with E-state index < -0.39 is 12.9 Å². The van der Waals surface area contributed by atoms with Gasteiger partial charge in [-0.3, -0.25) is 9.77 Å². The zero-order valence-corrected chi connectivity index (χ0v) is 11.4. The van der Waals surface area contributed by atoms with Crippen molar-refractivity contribution in [3.8, 4) is 0 Å². The summed E-state index contributed by atoms with van der Waals surface area (Å²) in [5.41, 5.74) is 0. The van der Waals surface area contributed by atoms with Crippen LogP contribution >= 0.6 is 7.60 Å². The van der Waals surface area contributed by atoms with Crippen molar-refractivity contribution in [2.24, 2.45) is 5.92 Å². The third-order valence-corrected chi connectivity index (χ3v) is 6.05. The van der Waals surface area contributed by atoms with E-state index in [2.05, 4.69) is 0 Å². The first kappa shape index (κ1) is 14.6. The van der Waals surface area contributed by atoms with Gasteiger partial charge >= 0.3 is 12.9 Å². The predicted molar refractivity (Wildman–Crippen MR) is 62.6 cm³/mol. The van der Waals surface area contributed by atoms with Crippen molar-refractivity contribution in [3.05, 3.63) is 0 Å². The van der Waals surface area contributed by atoms with Crippen molar-refractivity contribution in [3.63, 3.8) is 0 Å². The van der Waals surface area contributed by atoms with Crippen LogP contribution in [0.3, 0.4) is 0 Å². The van der Waals surface area contributed by atoms with Crippen LogP contribution in [0.25, 0.3) is 0 Å². The minimum Gasteiger partial charge on any atom is -0.396 e. The number of rotatable bonds is 6. The Labute approximate surface area is 101 Å². The number of aliphatic hydroxyl groups is 1. The lowest BCUT2D eigenvalue weighted by Gasteiger charge is -2.30. The van der Waals surface area contributed by atoms with Gasteiger partial charge in [0.15, 0.2) is 6.21 Å². The van der Waals surface area contributed by atoms with Crippen LogP contribution in [0.4, 0.5) is 0 Å². The largest absolute Gasteiger partial charge is 0.405 e. The molecule has 1 rings (SSSR count). The number of aliphatic hydroxyl groups excluding tert-OH is 1. The molecule has 7 heteroatoms. The van der Waals surface area contributed by atoms with E-state index in [0.29, 0.717) is 6.42 Å². The summed E-state index contributed by atoms with van der Waals surface area (Å²) in [5.74, 6) is -0.378. The average molecular weight is 266 g/mol. The van der Waals surface area contributed by atoms with Crippen LogP contribution in [-0.4, -0.2) is 46.4 Å². The SMILES string of the molecule is CCOP(=O)(OCC)[C@]1(C)[C@H](CO)CC=[N+]1O. The molecule has 6 nitrogen and oxygen atoms in total. The molecule has 0 unspecified atom stereocenters. The van der Waals surface area contributed by atoms with Crippen molar-refractivity contribution in [1.29, 1.82) is 0 Å². The Hall–Kier alpha value is -0.420. The molecule has 0 saturated heterocycles. The van der Waals surface area contributed by atoms with Crippen LogP contribution in [0, 0.1) is 5.92 Å². The fraction of sp³-hybridized carbons (Fsp3) is 0.900. The van der Waals surface area contributed by atoms with Crippen molar-refractivity contribution < 1.29 is 28.7 Å². The molecule has 2 atom stereocenters. The Morgan fingerprint density at radius 3 is 2.41 bits per heavy atom. The van der Waals surface area contributed by atoms with Gasteiger partial charge in [-0.15, -0.1) is 0 Å². The molecule has 0 radical (unpaired) electrons. The smallest absolute Gasteiger partial charge is 0.396 e. The molecule has 0 fully saturated rings.